The number of hydrogen-bond donors (Lipinski definition) is 1. The van der Waals surface area contributed by atoms with Gasteiger partial charge in [-0.15, -0.1) is 5.10 Å². The van der Waals surface area contributed by atoms with Gasteiger partial charge in [-0.3, -0.25) is 4.90 Å². The van der Waals surface area contributed by atoms with E-state index >= 15 is 0 Å². The first-order chi connectivity index (χ1) is 12.9. The normalized spacial score (nSPS) is 11.9. The Hall–Kier alpha value is -2.55. The molecule has 1 heterocycles. The molecule has 0 amide bonds. The number of benzene rings is 2. The number of aromatic nitrogens is 3. The molecule has 3 aromatic rings. The zero-order valence-electron chi connectivity index (χ0n) is 15.4. The molecule has 0 radical (unpaired) electrons. The highest BCUT2D eigenvalue weighted by Gasteiger charge is 2.15. The van der Waals surface area contributed by atoms with Gasteiger partial charge >= 0.3 is 0 Å². The van der Waals surface area contributed by atoms with Crippen molar-refractivity contribution in [2.45, 2.75) is 24.8 Å². The van der Waals surface area contributed by atoms with Crippen LogP contribution in [0.2, 0.25) is 0 Å². The van der Waals surface area contributed by atoms with E-state index in [9.17, 15) is 8.42 Å². The predicted molar refractivity (Wildman–Crippen MR) is 104 cm³/mol. The molecular weight excluding hydrogens is 362 g/mol. The fraction of sp³-hybridized carbons (Fsp3) is 0.263. The van der Waals surface area contributed by atoms with Gasteiger partial charge in [0.2, 0.25) is 10.0 Å². The monoisotopic (exact) mass is 385 g/mol. The Bertz CT molecular complexity index is 998. The van der Waals surface area contributed by atoms with Crippen LogP contribution in [0.3, 0.4) is 0 Å². The third-order valence-electron chi connectivity index (χ3n) is 4.28. The first-order valence-corrected chi connectivity index (χ1v) is 10.2. The van der Waals surface area contributed by atoms with Crippen LogP contribution in [0.25, 0.3) is 5.69 Å². The highest BCUT2D eigenvalue weighted by Crippen LogP contribution is 2.17. The molecule has 0 aliphatic heterocycles. The molecule has 0 unspecified atom stereocenters. The summed E-state index contributed by atoms with van der Waals surface area (Å²) >= 11 is 0. The molecule has 3 rings (SSSR count). The molecule has 2 aromatic carbocycles. The van der Waals surface area contributed by atoms with Crippen molar-refractivity contribution < 1.29 is 8.42 Å². The number of primary sulfonamides is 1. The third kappa shape index (κ3) is 4.79. The van der Waals surface area contributed by atoms with E-state index in [1.807, 2.05) is 37.4 Å². The van der Waals surface area contributed by atoms with Gasteiger partial charge in [-0.1, -0.05) is 37.3 Å². The van der Waals surface area contributed by atoms with Crippen LogP contribution < -0.4 is 5.14 Å². The molecular formula is C19H23N5O2S. The standard InChI is InChI=1S/C19H23N5O2S/c1-3-23(2)14-18-21-19(13-15-7-5-4-6-8-15)24(22-18)16-9-11-17(12-10-16)27(20,25)26/h4-12H,3,13-14H2,1-2H3,(H2,20,25,26). The van der Waals surface area contributed by atoms with E-state index in [2.05, 4.69) is 16.9 Å². The Morgan fingerprint density at radius 3 is 2.33 bits per heavy atom. The minimum absolute atomic E-state index is 0.0712. The average Bonchev–Trinajstić information content (AvgIpc) is 3.04. The van der Waals surface area contributed by atoms with E-state index in [1.54, 1.807) is 16.8 Å². The molecule has 0 fully saturated rings. The molecule has 27 heavy (non-hydrogen) atoms. The Morgan fingerprint density at radius 1 is 1.07 bits per heavy atom. The molecule has 2 N–H and O–H groups in total. The summed E-state index contributed by atoms with van der Waals surface area (Å²) in [5.41, 5.74) is 1.87. The maximum Gasteiger partial charge on any atom is 0.238 e. The second-order valence-electron chi connectivity index (χ2n) is 6.39. The minimum Gasteiger partial charge on any atom is -0.299 e. The molecule has 0 atom stereocenters. The summed E-state index contributed by atoms with van der Waals surface area (Å²) in [6.45, 7) is 3.61. The van der Waals surface area contributed by atoms with E-state index in [0.717, 1.165) is 29.4 Å². The number of rotatable bonds is 7. The predicted octanol–water partition coefficient (Wildman–Crippen LogP) is 1.96. The van der Waals surface area contributed by atoms with Crippen LogP contribution in [-0.2, 0) is 23.0 Å². The first-order valence-electron chi connectivity index (χ1n) is 8.67. The van der Waals surface area contributed by atoms with Gasteiger partial charge < -0.3 is 0 Å². The SMILES string of the molecule is CCN(C)Cc1nc(Cc2ccccc2)n(-c2ccc(S(N)(=O)=O)cc2)n1. The van der Waals surface area contributed by atoms with Gasteiger partial charge in [0.05, 0.1) is 17.1 Å². The van der Waals surface area contributed by atoms with Crippen LogP contribution in [0, 0.1) is 0 Å². The van der Waals surface area contributed by atoms with Gasteiger partial charge in [-0.05, 0) is 43.4 Å². The fourth-order valence-corrected chi connectivity index (χ4v) is 3.20. The van der Waals surface area contributed by atoms with Crippen molar-refractivity contribution in [1.29, 1.82) is 0 Å². The second-order valence-corrected chi connectivity index (χ2v) is 7.95. The van der Waals surface area contributed by atoms with E-state index in [0.29, 0.717) is 13.0 Å². The second kappa shape index (κ2) is 7.99. The van der Waals surface area contributed by atoms with Gasteiger partial charge in [0.15, 0.2) is 5.82 Å². The van der Waals surface area contributed by atoms with E-state index in [-0.39, 0.29) is 4.90 Å². The van der Waals surface area contributed by atoms with Crippen molar-refractivity contribution in [3.05, 3.63) is 71.8 Å². The quantitative estimate of drug-likeness (QED) is 0.671. The maximum atomic E-state index is 11.5. The number of sulfonamides is 1. The Balaban J connectivity index is 1.98. The highest BCUT2D eigenvalue weighted by molar-refractivity contribution is 7.89. The summed E-state index contributed by atoms with van der Waals surface area (Å²) in [5, 5.41) is 9.82. The molecule has 0 spiro atoms. The highest BCUT2D eigenvalue weighted by atomic mass is 32.2. The van der Waals surface area contributed by atoms with Gasteiger partial charge in [0.25, 0.3) is 0 Å². The lowest BCUT2D eigenvalue weighted by Gasteiger charge is -2.10. The van der Waals surface area contributed by atoms with E-state index < -0.39 is 10.0 Å². The van der Waals surface area contributed by atoms with Crippen LogP contribution >= 0.6 is 0 Å². The first kappa shape index (κ1) is 19.2. The van der Waals surface area contributed by atoms with Crippen LogP contribution in [0.4, 0.5) is 0 Å². The van der Waals surface area contributed by atoms with Crippen LogP contribution in [-0.4, -0.2) is 41.7 Å². The van der Waals surface area contributed by atoms with Crippen LogP contribution in [0.1, 0.15) is 24.1 Å². The Kier molecular flexibility index (Phi) is 5.69. The van der Waals surface area contributed by atoms with Crippen molar-refractivity contribution in [1.82, 2.24) is 19.7 Å². The molecule has 1 aromatic heterocycles. The molecule has 7 nitrogen and oxygen atoms in total. The van der Waals surface area contributed by atoms with Crippen LogP contribution in [0.15, 0.2) is 59.5 Å². The molecule has 0 saturated heterocycles. The maximum absolute atomic E-state index is 11.5. The fourth-order valence-electron chi connectivity index (χ4n) is 2.69. The lowest BCUT2D eigenvalue weighted by Crippen LogP contribution is -2.17. The molecule has 0 saturated carbocycles. The summed E-state index contributed by atoms with van der Waals surface area (Å²) < 4.78 is 24.7. The Labute approximate surface area is 159 Å². The molecule has 8 heteroatoms. The van der Waals surface area contributed by atoms with Crippen molar-refractivity contribution in [2.75, 3.05) is 13.6 Å². The lowest BCUT2D eigenvalue weighted by atomic mass is 10.1. The van der Waals surface area contributed by atoms with Crippen molar-refractivity contribution in [2.24, 2.45) is 5.14 Å². The lowest BCUT2D eigenvalue weighted by molar-refractivity contribution is 0.336. The van der Waals surface area contributed by atoms with Crippen molar-refractivity contribution in [3.8, 4) is 5.69 Å². The summed E-state index contributed by atoms with van der Waals surface area (Å²) in [6.07, 6.45) is 0.626. The summed E-state index contributed by atoms with van der Waals surface area (Å²) in [7, 11) is -1.71. The molecule has 0 bridgehead atoms. The smallest absolute Gasteiger partial charge is 0.238 e. The summed E-state index contributed by atoms with van der Waals surface area (Å²) in [5.74, 6) is 1.52. The number of nitrogens with zero attached hydrogens (tertiary/aromatic N) is 4. The zero-order valence-corrected chi connectivity index (χ0v) is 16.2. The van der Waals surface area contributed by atoms with Crippen molar-refractivity contribution >= 4 is 10.0 Å². The summed E-state index contributed by atoms with van der Waals surface area (Å²) in [6, 6.07) is 16.4. The molecule has 0 aliphatic rings. The molecule has 0 aliphatic carbocycles. The van der Waals surface area contributed by atoms with Gasteiger partial charge in [-0.25, -0.2) is 23.2 Å². The van der Waals surface area contributed by atoms with Gasteiger partial charge in [0, 0.05) is 6.42 Å². The minimum atomic E-state index is -3.73. The topological polar surface area (TPSA) is 94.1 Å². The number of hydrogen-bond acceptors (Lipinski definition) is 5. The van der Waals surface area contributed by atoms with Crippen molar-refractivity contribution in [3.63, 3.8) is 0 Å². The third-order valence-corrected chi connectivity index (χ3v) is 5.21. The van der Waals surface area contributed by atoms with E-state index in [1.165, 1.54) is 12.1 Å². The largest absolute Gasteiger partial charge is 0.299 e. The van der Waals surface area contributed by atoms with E-state index in [4.69, 9.17) is 10.1 Å². The molecule has 142 valence electrons. The van der Waals surface area contributed by atoms with Crippen LogP contribution in [0.5, 0.6) is 0 Å². The summed E-state index contributed by atoms with van der Waals surface area (Å²) in [4.78, 5) is 6.90. The van der Waals surface area contributed by atoms with Gasteiger partial charge in [-0.2, -0.15) is 0 Å². The number of nitrogens with two attached hydrogens (primary N) is 1. The average molecular weight is 385 g/mol. The zero-order chi connectivity index (χ0) is 19.4. The van der Waals surface area contributed by atoms with Gasteiger partial charge in [0.1, 0.15) is 5.82 Å². The Morgan fingerprint density at radius 2 is 1.74 bits per heavy atom.